The molecule has 0 N–H and O–H groups in total. The average molecular weight is 119 g/mol. The van der Waals surface area contributed by atoms with Crippen molar-refractivity contribution in [3.05, 3.63) is 12.2 Å². The van der Waals surface area contributed by atoms with Crippen LogP contribution in [0.15, 0.2) is 12.2 Å². The summed E-state index contributed by atoms with van der Waals surface area (Å²) in [6.45, 7) is 5.87. The molecule has 0 saturated carbocycles. The third kappa shape index (κ3) is 6.03. The number of rotatable bonds is 1. The molecule has 0 aliphatic heterocycles. The molecule has 0 aliphatic carbocycles. The minimum absolute atomic E-state index is 0.158. The predicted octanol–water partition coefficient (Wildman–Crippen LogP) is 2.58. The van der Waals surface area contributed by atoms with Crippen LogP contribution < -0.4 is 0 Å². The molecule has 0 nitrogen and oxygen atoms in total. The topological polar surface area (TPSA) is 0 Å². The maximum Gasteiger partial charge on any atom is 0.0569 e. The zero-order valence-corrected chi connectivity index (χ0v) is 5.79. The summed E-state index contributed by atoms with van der Waals surface area (Å²) in [6, 6.07) is 0. The summed E-state index contributed by atoms with van der Waals surface area (Å²) in [6.07, 6.45) is 3.90. The molecule has 0 aromatic rings. The number of hydrogen-bond donors (Lipinski definition) is 0. The van der Waals surface area contributed by atoms with Gasteiger partial charge in [-0.15, -0.1) is 11.6 Å². The van der Waals surface area contributed by atoms with Crippen molar-refractivity contribution in [3.63, 3.8) is 0 Å². The second-order valence-electron chi connectivity index (χ2n) is 2.06. The van der Waals surface area contributed by atoms with Gasteiger partial charge in [0.1, 0.15) is 0 Å². The zero-order valence-electron chi connectivity index (χ0n) is 5.03. The van der Waals surface area contributed by atoms with E-state index in [0.717, 1.165) is 0 Å². The lowest BCUT2D eigenvalue weighted by molar-refractivity contribution is 0.880. The van der Waals surface area contributed by atoms with Gasteiger partial charge in [-0.1, -0.05) is 12.2 Å². The van der Waals surface area contributed by atoms with Crippen molar-refractivity contribution in [1.82, 2.24) is 0 Å². The van der Waals surface area contributed by atoms with Crippen molar-refractivity contribution in [1.29, 1.82) is 0 Å². The van der Waals surface area contributed by atoms with Gasteiger partial charge in [0, 0.05) is 0 Å². The maximum absolute atomic E-state index is 5.75. The first-order valence-corrected chi connectivity index (χ1v) is 2.77. The summed E-state index contributed by atoms with van der Waals surface area (Å²) in [5.74, 6) is 0. The van der Waals surface area contributed by atoms with Gasteiger partial charge in [0.15, 0.2) is 0 Å². The van der Waals surface area contributed by atoms with Crippen molar-refractivity contribution in [3.8, 4) is 0 Å². The largest absolute Gasteiger partial charge is 0.115 e. The first-order chi connectivity index (χ1) is 3.06. The lowest BCUT2D eigenvalue weighted by Crippen LogP contribution is -2.02. The van der Waals surface area contributed by atoms with Gasteiger partial charge in [0.2, 0.25) is 0 Å². The third-order valence-corrected chi connectivity index (χ3v) is 0.689. The van der Waals surface area contributed by atoms with E-state index in [2.05, 4.69) is 0 Å². The first-order valence-electron chi connectivity index (χ1n) is 2.39. The fraction of sp³-hybridized carbons (Fsp3) is 0.667. The fourth-order valence-electron chi connectivity index (χ4n) is 0.396. The Morgan fingerprint density at radius 2 is 1.86 bits per heavy atom. The second-order valence-corrected chi connectivity index (χ2v) is 3.04. The van der Waals surface area contributed by atoms with Gasteiger partial charge in [-0.2, -0.15) is 0 Å². The molecule has 0 heterocycles. The minimum Gasteiger partial charge on any atom is -0.115 e. The Balaban J connectivity index is 3.56. The van der Waals surface area contributed by atoms with Crippen LogP contribution in [0.25, 0.3) is 0 Å². The van der Waals surface area contributed by atoms with Crippen molar-refractivity contribution in [2.45, 2.75) is 25.6 Å². The summed E-state index contributed by atoms with van der Waals surface area (Å²) in [4.78, 5) is -0.158. The monoisotopic (exact) mass is 118 g/mol. The molecular formula is C6H11Cl. The summed E-state index contributed by atoms with van der Waals surface area (Å²) < 4.78 is 0. The molecule has 0 fully saturated rings. The van der Waals surface area contributed by atoms with E-state index in [1.807, 2.05) is 32.9 Å². The van der Waals surface area contributed by atoms with Crippen LogP contribution in [0, 0.1) is 0 Å². The molecule has 0 aromatic heterocycles. The zero-order chi connectivity index (χ0) is 5.91. The normalized spacial score (nSPS) is 13.1. The summed E-state index contributed by atoms with van der Waals surface area (Å²) in [5.41, 5.74) is 0. The van der Waals surface area contributed by atoms with E-state index in [1.54, 1.807) is 0 Å². The van der Waals surface area contributed by atoms with Gasteiger partial charge in [0.05, 0.1) is 4.87 Å². The van der Waals surface area contributed by atoms with Crippen LogP contribution in [-0.4, -0.2) is 4.87 Å². The number of alkyl halides is 1. The van der Waals surface area contributed by atoms with Crippen molar-refractivity contribution in [2.75, 3.05) is 0 Å². The first kappa shape index (κ1) is 7.03. The summed E-state index contributed by atoms with van der Waals surface area (Å²) >= 11 is 5.75. The van der Waals surface area contributed by atoms with Crippen LogP contribution in [0.1, 0.15) is 20.8 Å². The Morgan fingerprint density at radius 3 is 1.86 bits per heavy atom. The maximum atomic E-state index is 5.75. The van der Waals surface area contributed by atoms with Gasteiger partial charge in [-0.25, -0.2) is 0 Å². The molecule has 0 saturated heterocycles. The minimum atomic E-state index is -0.158. The Labute approximate surface area is 50.2 Å². The van der Waals surface area contributed by atoms with Crippen LogP contribution in [0.2, 0.25) is 0 Å². The molecule has 42 valence electrons. The quantitative estimate of drug-likeness (QED) is 0.367. The molecule has 1 heteroatoms. The van der Waals surface area contributed by atoms with Crippen LogP contribution in [-0.2, 0) is 0 Å². The SMILES string of the molecule is C/C=C\C(C)(C)Cl. The molecule has 0 atom stereocenters. The van der Waals surface area contributed by atoms with Gasteiger partial charge in [-0.3, -0.25) is 0 Å². The lowest BCUT2D eigenvalue weighted by atomic mass is 10.2. The lowest BCUT2D eigenvalue weighted by Gasteiger charge is -2.06. The molecule has 0 bridgehead atoms. The molecule has 0 radical (unpaired) electrons. The number of allylic oxidation sites excluding steroid dienone is 2. The Hall–Kier alpha value is 0.0300. The van der Waals surface area contributed by atoms with E-state index in [4.69, 9.17) is 11.6 Å². The molecule has 0 unspecified atom stereocenters. The van der Waals surface area contributed by atoms with Gasteiger partial charge >= 0.3 is 0 Å². The van der Waals surface area contributed by atoms with Crippen LogP contribution in [0.4, 0.5) is 0 Å². The smallest absolute Gasteiger partial charge is 0.0569 e. The molecular weight excluding hydrogens is 108 g/mol. The Kier molecular flexibility index (Phi) is 2.38. The van der Waals surface area contributed by atoms with Crippen LogP contribution in [0.5, 0.6) is 0 Å². The highest BCUT2D eigenvalue weighted by Crippen LogP contribution is 2.12. The Bertz CT molecular complexity index is 66.7. The molecule has 0 amide bonds. The predicted molar refractivity (Wildman–Crippen MR) is 34.7 cm³/mol. The highest BCUT2D eigenvalue weighted by molar-refractivity contribution is 6.24. The molecule has 7 heavy (non-hydrogen) atoms. The average Bonchev–Trinajstić information content (AvgIpc) is 1.30. The van der Waals surface area contributed by atoms with E-state index < -0.39 is 0 Å². The summed E-state index contributed by atoms with van der Waals surface area (Å²) in [5, 5.41) is 0. The van der Waals surface area contributed by atoms with Crippen molar-refractivity contribution in [2.24, 2.45) is 0 Å². The summed E-state index contributed by atoms with van der Waals surface area (Å²) in [7, 11) is 0. The van der Waals surface area contributed by atoms with E-state index >= 15 is 0 Å². The standard InChI is InChI=1S/C6H11Cl/c1-4-5-6(2,3)7/h4-5H,1-3H3/b5-4-. The Morgan fingerprint density at radius 1 is 1.43 bits per heavy atom. The molecule has 0 spiro atoms. The van der Waals surface area contributed by atoms with Crippen LogP contribution >= 0.6 is 11.6 Å². The fourth-order valence-corrected chi connectivity index (χ4v) is 0.522. The van der Waals surface area contributed by atoms with E-state index in [9.17, 15) is 0 Å². The second kappa shape index (κ2) is 2.37. The molecule has 0 aromatic carbocycles. The molecule has 0 aliphatic rings. The molecule has 0 rings (SSSR count). The highest BCUT2D eigenvalue weighted by atomic mass is 35.5. The highest BCUT2D eigenvalue weighted by Gasteiger charge is 2.04. The third-order valence-electron chi connectivity index (χ3n) is 0.563. The number of hydrogen-bond acceptors (Lipinski definition) is 0. The van der Waals surface area contributed by atoms with Gasteiger partial charge in [0.25, 0.3) is 0 Å². The van der Waals surface area contributed by atoms with Crippen molar-refractivity contribution >= 4 is 11.6 Å². The van der Waals surface area contributed by atoms with Gasteiger partial charge in [-0.05, 0) is 20.8 Å². The van der Waals surface area contributed by atoms with E-state index in [-0.39, 0.29) is 4.87 Å². The van der Waals surface area contributed by atoms with Crippen LogP contribution in [0.3, 0.4) is 0 Å². The van der Waals surface area contributed by atoms with Gasteiger partial charge < -0.3 is 0 Å². The number of halogens is 1. The van der Waals surface area contributed by atoms with Crippen molar-refractivity contribution < 1.29 is 0 Å². The van der Waals surface area contributed by atoms with E-state index in [1.165, 1.54) is 0 Å². The van der Waals surface area contributed by atoms with E-state index in [0.29, 0.717) is 0 Å².